The predicted molar refractivity (Wildman–Crippen MR) is 81.8 cm³/mol. The molecule has 0 saturated carbocycles. The van der Waals surface area contributed by atoms with Gasteiger partial charge in [0.2, 0.25) is 10.0 Å². The highest BCUT2D eigenvalue weighted by Gasteiger charge is 2.18. The molecule has 0 aliphatic rings. The van der Waals surface area contributed by atoms with Crippen LogP contribution in [-0.4, -0.2) is 20.7 Å². The number of rotatable bonds is 6. The zero-order chi connectivity index (χ0) is 15.3. The van der Waals surface area contributed by atoms with Gasteiger partial charge < -0.3 is 0 Å². The highest BCUT2D eigenvalue weighted by atomic mass is 32.2. The van der Waals surface area contributed by atoms with Crippen LogP contribution in [0.1, 0.15) is 22.8 Å². The van der Waals surface area contributed by atoms with Crippen molar-refractivity contribution in [1.82, 2.24) is 4.72 Å². The van der Waals surface area contributed by atoms with Gasteiger partial charge in [-0.25, -0.2) is 13.1 Å². The van der Waals surface area contributed by atoms with Crippen molar-refractivity contribution in [3.63, 3.8) is 0 Å². The minimum atomic E-state index is -3.57. The van der Waals surface area contributed by atoms with Crippen LogP contribution in [0.25, 0.3) is 0 Å². The Kier molecular flexibility index (Phi) is 4.88. The average molecular weight is 303 g/mol. The topological polar surface area (TPSA) is 63.2 Å². The molecule has 0 heterocycles. The average Bonchev–Trinajstić information content (AvgIpc) is 2.48. The van der Waals surface area contributed by atoms with E-state index in [9.17, 15) is 13.2 Å². The molecule has 110 valence electrons. The van der Waals surface area contributed by atoms with Crippen molar-refractivity contribution in [1.29, 1.82) is 0 Å². The fourth-order valence-electron chi connectivity index (χ4n) is 2.08. The molecule has 0 atom stereocenters. The molecule has 0 saturated heterocycles. The van der Waals surface area contributed by atoms with Crippen LogP contribution in [0.15, 0.2) is 59.5 Å². The summed E-state index contributed by atoms with van der Waals surface area (Å²) in [5, 5.41) is 0. The van der Waals surface area contributed by atoms with Crippen LogP contribution in [0.4, 0.5) is 0 Å². The molecule has 4 nitrogen and oxygen atoms in total. The molecule has 0 aromatic heterocycles. The number of benzene rings is 2. The number of nitrogens with one attached hydrogen (secondary N) is 1. The first kappa shape index (κ1) is 15.4. The van der Waals surface area contributed by atoms with Crippen molar-refractivity contribution in [3.8, 4) is 0 Å². The molecule has 0 radical (unpaired) electrons. The Labute approximate surface area is 124 Å². The van der Waals surface area contributed by atoms with Gasteiger partial charge in [0.15, 0.2) is 5.78 Å². The Bertz CT molecular complexity index is 724. The number of sulfonamides is 1. The Balaban J connectivity index is 2.32. The second-order valence-corrected chi connectivity index (χ2v) is 6.31. The van der Waals surface area contributed by atoms with E-state index >= 15 is 0 Å². The summed E-state index contributed by atoms with van der Waals surface area (Å²) in [6, 6.07) is 15.4. The maximum atomic E-state index is 12.2. The zero-order valence-corrected chi connectivity index (χ0v) is 12.6. The van der Waals surface area contributed by atoms with Gasteiger partial charge in [-0.1, -0.05) is 55.5 Å². The SMILES string of the molecule is CCNS(=O)(=O)c1ccccc1CC(=O)c1ccccc1. The highest BCUT2D eigenvalue weighted by molar-refractivity contribution is 7.89. The van der Waals surface area contributed by atoms with E-state index in [4.69, 9.17) is 0 Å². The number of carbonyl (C=O) groups is 1. The van der Waals surface area contributed by atoms with E-state index in [1.807, 2.05) is 6.07 Å². The number of hydrogen-bond donors (Lipinski definition) is 1. The van der Waals surface area contributed by atoms with E-state index < -0.39 is 10.0 Å². The van der Waals surface area contributed by atoms with Crippen LogP contribution in [0.2, 0.25) is 0 Å². The van der Waals surface area contributed by atoms with Gasteiger partial charge in [0, 0.05) is 18.5 Å². The third-order valence-corrected chi connectivity index (χ3v) is 4.69. The summed E-state index contributed by atoms with van der Waals surface area (Å²) in [6.07, 6.45) is 0.0603. The normalized spacial score (nSPS) is 11.3. The van der Waals surface area contributed by atoms with Crippen molar-refractivity contribution in [2.24, 2.45) is 0 Å². The van der Waals surface area contributed by atoms with Gasteiger partial charge in [-0.2, -0.15) is 0 Å². The van der Waals surface area contributed by atoms with Crippen molar-refractivity contribution in [2.45, 2.75) is 18.2 Å². The first-order valence-corrected chi connectivity index (χ1v) is 8.18. The van der Waals surface area contributed by atoms with Crippen LogP contribution >= 0.6 is 0 Å². The third kappa shape index (κ3) is 3.77. The number of ketones is 1. The summed E-state index contributed by atoms with van der Waals surface area (Å²) in [6.45, 7) is 2.03. The van der Waals surface area contributed by atoms with Crippen LogP contribution in [-0.2, 0) is 16.4 Å². The van der Waals surface area contributed by atoms with Crippen LogP contribution in [0, 0.1) is 0 Å². The molecule has 1 N–H and O–H groups in total. The Hall–Kier alpha value is -1.98. The number of hydrogen-bond acceptors (Lipinski definition) is 3. The van der Waals surface area contributed by atoms with Crippen molar-refractivity contribution in [3.05, 3.63) is 65.7 Å². The van der Waals surface area contributed by atoms with E-state index in [-0.39, 0.29) is 17.1 Å². The van der Waals surface area contributed by atoms with Crippen molar-refractivity contribution < 1.29 is 13.2 Å². The van der Waals surface area contributed by atoms with E-state index in [1.54, 1.807) is 49.4 Å². The summed E-state index contributed by atoms with van der Waals surface area (Å²) < 4.78 is 26.7. The van der Waals surface area contributed by atoms with Gasteiger partial charge in [-0.15, -0.1) is 0 Å². The summed E-state index contributed by atoms with van der Waals surface area (Å²) in [5.74, 6) is -0.102. The lowest BCUT2D eigenvalue weighted by atomic mass is 10.0. The summed E-state index contributed by atoms with van der Waals surface area (Å²) in [5.41, 5.74) is 1.08. The number of carbonyl (C=O) groups excluding carboxylic acids is 1. The second-order valence-electron chi connectivity index (χ2n) is 4.58. The molecule has 0 amide bonds. The Morgan fingerprint density at radius 2 is 1.62 bits per heavy atom. The molecule has 5 heteroatoms. The van der Waals surface area contributed by atoms with Crippen LogP contribution < -0.4 is 4.72 Å². The molecule has 0 bridgehead atoms. The number of Topliss-reactive ketones (excluding diaryl/α,β-unsaturated/α-hetero) is 1. The molecule has 0 fully saturated rings. The van der Waals surface area contributed by atoms with Crippen molar-refractivity contribution in [2.75, 3.05) is 6.54 Å². The Morgan fingerprint density at radius 1 is 1.00 bits per heavy atom. The molecule has 21 heavy (non-hydrogen) atoms. The second kappa shape index (κ2) is 6.65. The molecule has 2 aromatic carbocycles. The maximum Gasteiger partial charge on any atom is 0.240 e. The molecular formula is C16H17NO3S. The molecular weight excluding hydrogens is 286 g/mol. The maximum absolute atomic E-state index is 12.2. The first-order valence-electron chi connectivity index (χ1n) is 6.70. The summed E-state index contributed by atoms with van der Waals surface area (Å²) >= 11 is 0. The standard InChI is InChI=1S/C16H17NO3S/c1-2-17-21(19,20)16-11-7-6-10-14(16)12-15(18)13-8-4-3-5-9-13/h3-11,17H,2,12H2,1H3. The van der Waals surface area contributed by atoms with Crippen molar-refractivity contribution >= 4 is 15.8 Å². The smallest absolute Gasteiger partial charge is 0.240 e. The molecule has 0 spiro atoms. The Morgan fingerprint density at radius 3 is 2.29 bits per heavy atom. The van der Waals surface area contributed by atoms with Gasteiger partial charge >= 0.3 is 0 Å². The van der Waals surface area contributed by atoms with Gasteiger partial charge in [0.1, 0.15) is 0 Å². The lowest BCUT2D eigenvalue weighted by Crippen LogP contribution is -2.24. The van der Waals surface area contributed by atoms with E-state index in [0.29, 0.717) is 17.7 Å². The minimum Gasteiger partial charge on any atom is -0.294 e. The quantitative estimate of drug-likeness (QED) is 0.834. The van der Waals surface area contributed by atoms with Gasteiger partial charge in [-0.3, -0.25) is 4.79 Å². The molecule has 0 unspecified atom stereocenters. The zero-order valence-electron chi connectivity index (χ0n) is 11.7. The molecule has 2 aromatic rings. The molecule has 0 aliphatic carbocycles. The van der Waals surface area contributed by atoms with E-state index in [1.165, 1.54) is 6.07 Å². The summed E-state index contributed by atoms with van der Waals surface area (Å²) in [7, 11) is -3.57. The van der Waals surface area contributed by atoms with Gasteiger partial charge in [0.05, 0.1) is 4.90 Å². The largest absolute Gasteiger partial charge is 0.294 e. The first-order chi connectivity index (χ1) is 10.0. The van der Waals surface area contributed by atoms with Crippen LogP contribution in [0.3, 0.4) is 0 Å². The fraction of sp³-hybridized carbons (Fsp3) is 0.188. The van der Waals surface area contributed by atoms with Gasteiger partial charge in [0.25, 0.3) is 0 Å². The molecule has 2 rings (SSSR count). The van der Waals surface area contributed by atoms with E-state index in [0.717, 1.165) is 0 Å². The molecule has 0 aliphatic heterocycles. The minimum absolute atomic E-state index is 0.0603. The third-order valence-electron chi connectivity index (χ3n) is 3.04. The summed E-state index contributed by atoms with van der Waals surface area (Å²) in [4.78, 5) is 12.4. The van der Waals surface area contributed by atoms with Crippen LogP contribution in [0.5, 0.6) is 0 Å². The predicted octanol–water partition coefficient (Wildman–Crippen LogP) is 2.41. The lowest BCUT2D eigenvalue weighted by molar-refractivity contribution is 0.0992. The fourth-order valence-corrected chi connectivity index (χ4v) is 3.36. The monoisotopic (exact) mass is 303 g/mol. The highest BCUT2D eigenvalue weighted by Crippen LogP contribution is 2.17. The van der Waals surface area contributed by atoms with E-state index in [2.05, 4.69) is 4.72 Å². The van der Waals surface area contributed by atoms with Gasteiger partial charge in [-0.05, 0) is 11.6 Å². The lowest BCUT2D eigenvalue weighted by Gasteiger charge is -2.10.